The van der Waals surface area contributed by atoms with Crippen LogP contribution in [0.5, 0.6) is 0 Å². The van der Waals surface area contributed by atoms with E-state index in [2.05, 4.69) is 10.1 Å². The maximum Gasteiger partial charge on any atom is 0.271 e. The maximum absolute atomic E-state index is 13.3. The molecule has 0 fully saturated rings. The molecular weight excluding hydrogens is 297 g/mol. The summed E-state index contributed by atoms with van der Waals surface area (Å²) in [5, 5.41) is 3.95. The highest BCUT2D eigenvalue weighted by molar-refractivity contribution is 6.06. The zero-order valence-electron chi connectivity index (χ0n) is 12.6. The number of benzene rings is 1. The van der Waals surface area contributed by atoms with Gasteiger partial charge in [-0.25, -0.2) is 4.39 Å². The molecule has 23 heavy (non-hydrogen) atoms. The summed E-state index contributed by atoms with van der Waals surface area (Å²) >= 11 is 0. The lowest BCUT2D eigenvalue weighted by Crippen LogP contribution is -2.39. The minimum absolute atomic E-state index is 0.185. The number of carbonyl (C=O) groups excluding carboxylic acids is 1. The molecule has 1 amide bonds. The van der Waals surface area contributed by atoms with Crippen molar-refractivity contribution in [2.45, 2.75) is 19.4 Å². The molecule has 2 aromatic rings. The van der Waals surface area contributed by atoms with Gasteiger partial charge in [0.1, 0.15) is 5.82 Å². The topological polar surface area (TPSA) is 54.8 Å². The van der Waals surface area contributed by atoms with Crippen LogP contribution in [-0.2, 0) is 9.63 Å². The van der Waals surface area contributed by atoms with Gasteiger partial charge in [-0.3, -0.25) is 9.78 Å². The number of aromatic nitrogens is 1. The quantitative estimate of drug-likeness (QED) is 0.872. The number of carbonyl (C=O) groups is 1. The molecule has 0 spiro atoms. The van der Waals surface area contributed by atoms with Crippen LogP contribution in [0, 0.1) is 5.82 Å². The van der Waals surface area contributed by atoms with E-state index in [0.29, 0.717) is 29.9 Å². The summed E-state index contributed by atoms with van der Waals surface area (Å²) in [6, 6.07) is 9.69. The Kier molecular flexibility index (Phi) is 4.32. The Morgan fingerprint density at radius 2 is 2.26 bits per heavy atom. The fourth-order valence-corrected chi connectivity index (χ4v) is 2.50. The molecule has 3 rings (SSSR count). The molecule has 0 saturated carbocycles. The molecule has 0 unspecified atom stereocenters. The summed E-state index contributed by atoms with van der Waals surface area (Å²) in [4.78, 5) is 23.6. The van der Waals surface area contributed by atoms with Crippen molar-refractivity contribution in [1.29, 1.82) is 0 Å². The summed E-state index contributed by atoms with van der Waals surface area (Å²) < 4.78 is 13.3. The molecular formula is C17H16FN3O2. The Balaban J connectivity index is 1.73. The lowest BCUT2D eigenvalue weighted by molar-refractivity contribution is -0.128. The highest BCUT2D eigenvalue weighted by atomic mass is 19.1. The number of amides is 1. The summed E-state index contributed by atoms with van der Waals surface area (Å²) in [7, 11) is 0. The second kappa shape index (κ2) is 6.56. The number of anilines is 1. The molecule has 0 bridgehead atoms. The van der Waals surface area contributed by atoms with Gasteiger partial charge in [-0.15, -0.1) is 0 Å². The zero-order chi connectivity index (χ0) is 16.2. The van der Waals surface area contributed by atoms with Gasteiger partial charge in [0.05, 0.1) is 17.6 Å². The van der Waals surface area contributed by atoms with E-state index < -0.39 is 6.10 Å². The standard InChI is InChI=1S/C17H16FN3O2/c1-2-21(14-7-4-8-19-11-14)17(22)16-10-15(20-23-16)12-5-3-6-13(18)9-12/h3-9,11,16H,2,10H2,1H3/t16-/m1/s1. The van der Waals surface area contributed by atoms with E-state index >= 15 is 0 Å². The highest BCUT2D eigenvalue weighted by Gasteiger charge is 2.32. The Morgan fingerprint density at radius 3 is 2.96 bits per heavy atom. The summed E-state index contributed by atoms with van der Waals surface area (Å²) in [5.74, 6) is -0.527. The van der Waals surface area contributed by atoms with Crippen molar-refractivity contribution in [2.24, 2.45) is 5.16 Å². The Hall–Kier alpha value is -2.76. The second-order valence-corrected chi connectivity index (χ2v) is 5.14. The van der Waals surface area contributed by atoms with Gasteiger partial charge in [-0.1, -0.05) is 17.3 Å². The van der Waals surface area contributed by atoms with E-state index in [1.807, 2.05) is 13.0 Å². The lowest BCUT2D eigenvalue weighted by atomic mass is 10.0. The summed E-state index contributed by atoms with van der Waals surface area (Å²) in [5.41, 5.74) is 1.91. The minimum atomic E-state index is -0.701. The number of hydrogen-bond donors (Lipinski definition) is 0. The van der Waals surface area contributed by atoms with Crippen molar-refractivity contribution in [1.82, 2.24) is 4.98 Å². The number of hydrogen-bond acceptors (Lipinski definition) is 4. The average molecular weight is 313 g/mol. The van der Waals surface area contributed by atoms with Crippen LogP contribution in [0.25, 0.3) is 0 Å². The first-order valence-corrected chi connectivity index (χ1v) is 7.39. The molecule has 1 aromatic carbocycles. The number of oxime groups is 1. The molecule has 0 N–H and O–H groups in total. The summed E-state index contributed by atoms with van der Waals surface area (Å²) in [6.07, 6.45) is 2.90. The van der Waals surface area contributed by atoms with E-state index in [1.54, 1.807) is 35.5 Å². The van der Waals surface area contributed by atoms with E-state index in [4.69, 9.17) is 4.84 Å². The van der Waals surface area contributed by atoms with Crippen LogP contribution < -0.4 is 4.90 Å². The Morgan fingerprint density at radius 1 is 1.39 bits per heavy atom. The number of nitrogens with zero attached hydrogens (tertiary/aromatic N) is 3. The number of likely N-dealkylation sites (N-methyl/N-ethyl adjacent to an activating group) is 1. The van der Waals surface area contributed by atoms with E-state index in [0.717, 1.165) is 0 Å². The molecule has 1 aliphatic rings. The van der Waals surface area contributed by atoms with Crippen LogP contribution in [0.1, 0.15) is 18.9 Å². The van der Waals surface area contributed by atoms with Gasteiger partial charge in [0, 0.05) is 24.7 Å². The molecule has 2 heterocycles. The molecule has 1 aliphatic heterocycles. The van der Waals surface area contributed by atoms with Gasteiger partial charge in [0.15, 0.2) is 0 Å². The molecule has 1 aromatic heterocycles. The van der Waals surface area contributed by atoms with Gasteiger partial charge in [-0.05, 0) is 31.2 Å². The van der Waals surface area contributed by atoms with E-state index in [-0.39, 0.29) is 11.7 Å². The molecule has 0 radical (unpaired) electrons. The smallest absolute Gasteiger partial charge is 0.271 e. The zero-order valence-corrected chi connectivity index (χ0v) is 12.6. The van der Waals surface area contributed by atoms with Gasteiger partial charge < -0.3 is 9.74 Å². The van der Waals surface area contributed by atoms with Crippen LogP contribution in [0.4, 0.5) is 10.1 Å². The monoisotopic (exact) mass is 313 g/mol. The largest absolute Gasteiger partial charge is 0.382 e. The maximum atomic E-state index is 13.3. The lowest BCUT2D eigenvalue weighted by Gasteiger charge is -2.22. The van der Waals surface area contributed by atoms with Gasteiger partial charge in [0.2, 0.25) is 6.10 Å². The van der Waals surface area contributed by atoms with Crippen LogP contribution in [-0.4, -0.2) is 29.3 Å². The number of pyridine rings is 1. The van der Waals surface area contributed by atoms with Crippen LogP contribution >= 0.6 is 0 Å². The van der Waals surface area contributed by atoms with Gasteiger partial charge in [-0.2, -0.15) is 0 Å². The van der Waals surface area contributed by atoms with Crippen molar-refractivity contribution < 1.29 is 14.0 Å². The predicted octanol–water partition coefficient (Wildman–Crippen LogP) is 2.77. The third-order valence-corrected chi connectivity index (χ3v) is 3.64. The number of rotatable bonds is 4. The van der Waals surface area contributed by atoms with Gasteiger partial charge >= 0.3 is 0 Å². The number of halogens is 1. The van der Waals surface area contributed by atoms with Crippen LogP contribution in [0.15, 0.2) is 53.9 Å². The Bertz CT molecular complexity index is 734. The molecule has 6 heteroatoms. The molecule has 118 valence electrons. The minimum Gasteiger partial charge on any atom is -0.382 e. The first kappa shape index (κ1) is 15.1. The van der Waals surface area contributed by atoms with Crippen LogP contribution in [0.2, 0.25) is 0 Å². The Labute approximate surface area is 133 Å². The molecule has 0 saturated heterocycles. The first-order chi connectivity index (χ1) is 11.2. The molecule has 1 atom stereocenters. The van der Waals surface area contributed by atoms with Crippen molar-refractivity contribution in [2.75, 3.05) is 11.4 Å². The fourth-order valence-electron chi connectivity index (χ4n) is 2.50. The van der Waals surface area contributed by atoms with E-state index in [9.17, 15) is 9.18 Å². The third-order valence-electron chi connectivity index (χ3n) is 3.64. The fraction of sp³-hybridized carbons (Fsp3) is 0.235. The second-order valence-electron chi connectivity index (χ2n) is 5.14. The molecule has 0 aliphatic carbocycles. The molecule has 5 nitrogen and oxygen atoms in total. The van der Waals surface area contributed by atoms with E-state index in [1.165, 1.54) is 12.1 Å². The van der Waals surface area contributed by atoms with Crippen molar-refractivity contribution >= 4 is 17.3 Å². The SMILES string of the molecule is CCN(C(=O)[C@H]1CC(c2cccc(F)c2)=NO1)c1cccnc1. The first-order valence-electron chi connectivity index (χ1n) is 7.39. The average Bonchev–Trinajstić information content (AvgIpc) is 3.06. The van der Waals surface area contributed by atoms with Gasteiger partial charge in [0.25, 0.3) is 5.91 Å². The van der Waals surface area contributed by atoms with Crippen LogP contribution in [0.3, 0.4) is 0 Å². The highest BCUT2D eigenvalue weighted by Crippen LogP contribution is 2.21. The predicted molar refractivity (Wildman–Crippen MR) is 84.7 cm³/mol. The third kappa shape index (κ3) is 3.21. The van der Waals surface area contributed by atoms with Crippen molar-refractivity contribution in [3.63, 3.8) is 0 Å². The van der Waals surface area contributed by atoms with Crippen molar-refractivity contribution in [3.05, 3.63) is 60.2 Å². The summed E-state index contributed by atoms with van der Waals surface area (Å²) in [6.45, 7) is 2.38. The normalized spacial score (nSPS) is 16.6. The van der Waals surface area contributed by atoms with Crippen molar-refractivity contribution in [3.8, 4) is 0 Å².